The van der Waals surface area contributed by atoms with Crippen molar-refractivity contribution < 1.29 is 0 Å². The van der Waals surface area contributed by atoms with Gasteiger partial charge in [-0.1, -0.05) is 17.7 Å². The maximum atomic E-state index is 6.39. The zero-order valence-electron chi connectivity index (χ0n) is 12.7. The van der Waals surface area contributed by atoms with Gasteiger partial charge in [-0.3, -0.25) is 0 Å². The molecule has 1 aromatic heterocycles. The van der Waals surface area contributed by atoms with E-state index < -0.39 is 0 Å². The van der Waals surface area contributed by atoms with Gasteiger partial charge in [-0.15, -0.1) is 0 Å². The molecule has 0 bridgehead atoms. The second-order valence-corrected chi connectivity index (χ2v) is 6.57. The number of nitrogen functional groups attached to an aromatic ring is 1. The number of nitrogens with zero attached hydrogens (tertiary/aromatic N) is 3. The zero-order valence-corrected chi connectivity index (χ0v) is 13.5. The monoisotopic (exact) mass is 306 g/mol. The Labute approximate surface area is 130 Å². The third kappa shape index (κ3) is 2.74. The molecule has 2 heterocycles. The van der Waals surface area contributed by atoms with Gasteiger partial charge in [-0.05, 0) is 51.8 Å². The van der Waals surface area contributed by atoms with Gasteiger partial charge < -0.3 is 15.2 Å². The standard InChI is InChI=1S/C16H23ClN4/c1-11(2)20-9-4-5-12(8-10-20)21-15-13(17)6-3-7-14(15)19-16(21)18/h3,6-7,11-12H,4-5,8-10H2,1-2H3,(H2,18,19)/t12-/m1/s1. The van der Waals surface area contributed by atoms with Gasteiger partial charge in [-0.25, -0.2) is 4.98 Å². The number of benzene rings is 1. The van der Waals surface area contributed by atoms with Crippen molar-refractivity contribution >= 4 is 28.6 Å². The van der Waals surface area contributed by atoms with Gasteiger partial charge in [0, 0.05) is 18.6 Å². The summed E-state index contributed by atoms with van der Waals surface area (Å²) in [6.07, 6.45) is 3.41. The van der Waals surface area contributed by atoms with Crippen molar-refractivity contribution in [3.63, 3.8) is 0 Å². The molecule has 1 aliphatic heterocycles. The van der Waals surface area contributed by atoms with E-state index in [4.69, 9.17) is 17.3 Å². The molecule has 1 fully saturated rings. The van der Waals surface area contributed by atoms with Gasteiger partial charge in [-0.2, -0.15) is 0 Å². The minimum absolute atomic E-state index is 0.388. The first kappa shape index (κ1) is 14.7. The molecule has 1 aromatic carbocycles. The summed E-state index contributed by atoms with van der Waals surface area (Å²) in [5.74, 6) is 0.584. The Hall–Kier alpha value is -1.26. The molecule has 114 valence electrons. The Balaban J connectivity index is 1.95. The van der Waals surface area contributed by atoms with Crippen LogP contribution in [0.15, 0.2) is 18.2 Å². The number of halogens is 1. The Morgan fingerprint density at radius 1 is 1.29 bits per heavy atom. The van der Waals surface area contributed by atoms with E-state index >= 15 is 0 Å². The van der Waals surface area contributed by atoms with Crippen LogP contribution in [0.2, 0.25) is 5.02 Å². The number of fused-ring (bicyclic) bond motifs is 1. The molecule has 1 aliphatic rings. The van der Waals surface area contributed by atoms with Crippen LogP contribution in [0.25, 0.3) is 11.0 Å². The van der Waals surface area contributed by atoms with Crippen LogP contribution in [0, 0.1) is 0 Å². The number of hydrogen-bond donors (Lipinski definition) is 1. The zero-order chi connectivity index (χ0) is 15.0. The number of likely N-dealkylation sites (tertiary alicyclic amines) is 1. The van der Waals surface area contributed by atoms with E-state index in [1.807, 2.05) is 18.2 Å². The number of imidazole rings is 1. The molecule has 2 aromatic rings. The molecule has 2 N–H and O–H groups in total. The Kier molecular flexibility index (Phi) is 4.09. The molecule has 0 aliphatic carbocycles. The van der Waals surface area contributed by atoms with Gasteiger partial charge >= 0.3 is 0 Å². The largest absolute Gasteiger partial charge is 0.369 e. The van der Waals surface area contributed by atoms with E-state index in [1.54, 1.807) is 0 Å². The smallest absolute Gasteiger partial charge is 0.201 e. The van der Waals surface area contributed by atoms with Crippen molar-refractivity contribution in [1.82, 2.24) is 14.5 Å². The molecule has 21 heavy (non-hydrogen) atoms. The van der Waals surface area contributed by atoms with Crippen LogP contribution in [-0.2, 0) is 0 Å². The van der Waals surface area contributed by atoms with Crippen LogP contribution in [-0.4, -0.2) is 33.6 Å². The summed E-state index contributed by atoms with van der Waals surface area (Å²) in [6, 6.07) is 6.81. The van der Waals surface area contributed by atoms with Gasteiger partial charge in [0.2, 0.25) is 5.95 Å². The Morgan fingerprint density at radius 3 is 2.86 bits per heavy atom. The van der Waals surface area contributed by atoms with Gasteiger partial charge in [0.1, 0.15) is 0 Å². The molecule has 0 spiro atoms. The lowest BCUT2D eigenvalue weighted by molar-refractivity contribution is 0.228. The third-order valence-electron chi connectivity index (χ3n) is 4.52. The second-order valence-electron chi connectivity index (χ2n) is 6.16. The van der Waals surface area contributed by atoms with Crippen LogP contribution in [0.3, 0.4) is 0 Å². The number of rotatable bonds is 2. The van der Waals surface area contributed by atoms with Crippen LogP contribution in [0.5, 0.6) is 0 Å². The van der Waals surface area contributed by atoms with Crippen molar-refractivity contribution in [1.29, 1.82) is 0 Å². The molecule has 1 atom stereocenters. The van der Waals surface area contributed by atoms with Crippen LogP contribution in [0.1, 0.15) is 39.2 Å². The molecule has 0 unspecified atom stereocenters. The molecule has 5 heteroatoms. The Bertz CT molecular complexity index is 634. The van der Waals surface area contributed by atoms with Gasteiger partial charge in [0.15, 0.2) is 0 Å². The highest BCUT2D eigenvalue weighted by Crippen LogP contribution is 2.33. The molecule has 0 radical (unpaired) electrons. The maximum Gasteiger partial charge on any atom is 0.201 e. The quantitative estimate of drug-likeness (QED) is 0.920. The number of anilines is 1. The fraction of sp³-hybridized carbons (Fsp3) is 0.562. The second kappa shape index (κ2) is 5.85. The molecule has 4 nitrogen and oxygen atoms in total. The lowest BCUT2D eigenvalue weighted by atomic mass is 10.1. The number of nitrogens with two attached hydrogens (primary N) is 1. The minimum Gasteiger partial charge on any atom is -0.369 e. The van der Waals surface area contributed by atoms with Crippen molar-refractivity contribution in [2.24, 2.45) is 0 Å². The highest BCUT2D eigenvalue weighted by atomic mass is 35.5. The van der Waals surface area contributed by atoms with E-state index in [0.29, 0.717) is 18.0 Å². The summed E-state index contributed by atoms with van der Waals surface area (Å²) < 4.78 is 2.15. The van der Waals surface area contributed by atoms with E-state index in [9.17, 15) is 0 Å². The van der Waals surface area contributed by atoms with E-state index in [0.717, 1.165) is 42.0 Å². The summed E-state index contributed by atoms with van der Waals surface area (Å²) in [5, 5.41) is 0.738. The number of para-hydroxylation sites is 1. The molecule has 1 saturated heterocycles. The summed E-state index contributed by atoms with van der Waals surface area (Å²) in [5.41, 5.74) is 8.06. The molecule has 3 rings (SSSR count). The lowest BCUT2D eigenvalue weighted by Gasteiger charge is -2.24. The van der Waals surface area contributed by atoms with Crippen molar-refractivity contribution in [3.8, 4) is 0 Å². The minimum atomic E-state index is 0.388. The highest BCUT2D eigenvalue weighted by Gasteiger charge is 2.23. The predicted octanol–water partition coefficient (Wildman–Crippen LogP) is 3.71. The first-order valence-electron chi connectivity index (χ1n) is 7.74. The summed E-state index contributed by atoms with van der Waals surface area (Å²) >= 11 is 6.39. The first-order valence-corrected chi connectivity index (χ1v) is 8.11. The summed E-state index contributed by atoms with van der Waals surface area (Å²) in [6.45, 7) is 6.79. The van der Waals surface area contributed by atoms with Crippen LogP contribution >= 0.6 is 11.6 Å². The molecule has 0 saturated carbocycles. The van der Waals surface area contributed by atoms with Crippen LogP contribution in [0.4, 0.5) is 5.95 Å². The number of aromatic nitrogens is 2. The van der Waals surface area contributed by atoms with Gasteiger partial charge in [0.05, 0.1) is 16.1 Å². The average molecular weight is 307 g/mol. The van der Waals surface area contributed by atoms with Gasteiger partial charge in [0.25, 0.3) is 0 Å². The SMILES string of the molecule is CC(C)N1CCC[C@@H](n2c(N)nc3cccc(Cl)c32)CC1. The number of hydrogen-bond acceptors (Lipinski definition) is 3. The summed E-state index contributed by atoms with van der Waals surface area (Å²) in [7, 11) is 0. The first-order chi connectivity index (χ1) is 10.1. The van der Waals surface area contributed by atoms with Crippen LogP contribution < -0.4 is 5.73 Å². The van der Waals surface area contributed by atoms with Crippen molar-refractivity contribution in [2.75, 3.05) is 18.8 Å². The molecule has 0 amide bonds. The fourth-order valence-electron chi connectivity index (χ4n) is 3.37. The van der Waals surface area contributed by atoms with E-state index in [1.165, 1.54) is 6.42 Å². The maximum absolute atomic E-state index is 6.39. The lowest BCUT2D eigenvalue weighted by Crippen LogP contribution is -2.31. The van der Waals surface area contributed by atoms with E-state index in [2.05, 4.69) is 28.3 Å². The third-order valence-corrected chi connectivity index (χ3v) is 4.82. The fourth-order valence-corrected chi connectivity index (χ4v) is 3.63. The molecular weight excluding hydrogens is 284 g/mol. The van der Waals surface area contributed by atoms with Crippen molar-refractivity contribution in [2.45, 2.75) is 45.2 Å². The van der Waals surface area contributed by atoms with Crippen molar-refractivity contribution in [3.05, 3.63) is 23.2 Å². The highest BCUT2D eigenvalue weighted by molar-refractivity contribution is 6.35. The Morgan fingerprint density at radius 2 is 2.10 bits per heavy atom. The van der Waals surface area contributed by atoms with E-state index in [-0.39, 0.29) is 0 Å². The molecular formula is C16H23ClN4. The normalized spacial score (nSPS) is 21.0. The topological polar surface area (TPSA) is 47.1 Å². The predicted molar refractivity (Wildman–Crippen MR) is 88.8 cm³/mol. The summed E-state index contributed by atoms with van der Waals surface area (Å²) in [4.78, 5) is 7.02. The average Bonchev–Trinajstić information content (AvgIpc) is 2.62.